The number of aromatic amines is 1. The Labute approximate surface area is 190 Å². The van der Waals surface area contributed by atoms with E-state index in [0.29, 0.717) is 5.92 Å². The molecule has 1 amide bonds. The Kier molecular flexibility index (Phi) is 6.26. The molecule has 2 N–H and O–H groups in total. The molecule has 2 aromatic carbocycles. The van der Waals surface area contributed by atoms with Gasteiger partial charge in [0.25, 0.3) is 5.91 Å². The Morgan fingerprint density at radius 2 is 1.84 bits per heavy atom. The maximum Gasteiger partial charge on any atom is 0.255 e. The van der Waals surface area contributed by atoms with Crippen molar-refractivity contribution in [3.05, 3.63) is 59.3 Å². The van der Waals surface area contributed by atoms with Gasteiger partial charge in [0.2, 0.25) is 0 Å². The van der Waals surface area contributed by atoms with Crippen LogP contribution in [-0.4, -0.2) is 40.1 Å². The molecule has 5 heteroatoms. The van der Waals surface area contributed by atoms with E-state index in [9.17, 15) is 4.79 Å². The SMILES string of the molecule is CCc1ccccc1C(=O)Nc1ccc2[nH]nc(C3CCN(C4CCCCC4)CC3)c2c1. The van der Waals surface area contributed by atoms with Crippen molar-refractivity contribution in [3.8, 4) is 0 Å². The van der Waals surface area contributed by atoms with Crippen molar-refractivity contribution in [1.82, 2.24) is 15.1 Å². The molecule has 32 heavy (non-hydrogen) atoms. The molecule has 0 radical (unpaired) electrons. The van der Waals surface area contributed by atoms with Gasteiger partial charge in [-0.25, -0.2) is 0 Å². The highest BCUT2D eigenvalue weighted by Gasteiger charge is 2.28. The number of hydrogen-bond acceptors (Lipinski definition) is 3. The number of benzene rings is 2. The number of aryl methyl sites for hydroxylation is 1. The summed E-state index contributed by atoms with van der Waals surface area (Å²) in [5, 5.41) is 12.2. The van der Waals surface area contributed by atoms with Gasteiger partial charge in [-0.2, -0.15) is 5.10 Å². The van der Waals surface area contributed by atoms with E-state index in [1.807, 2.05) is 36.4 Å². The Morgan fingerprint density at radius 1 is 1.06 bits per heavy atom. The zero-order valence-corrected chi connectivity index (χ0v) is 19.1. The van der Waals surface area contributed by atoms with Crippen molar-refractivity contribution in [2.75, 3.05) is 18.4 Å². The van der Waals surface area contributed by atoms with Gasteiger partial charge in [0, 0.05) is 28.6 Å². The van der Waals surface area contributed by atoms with Crippen molar-refractivity contribution < 1.29 is 4.79 Å². The first-order valence-electron chi connectivity index (χ1n) is 12.3. The normalized spacial score (nSPS) is 18.8. The highest BCUT2D eigenvalue weighted by Crippen LogP contribution is 2.35. The monoisotopic (exact) mass is 430 g/mol. The van der Waals surface area contributed by atoms with Gasteiger partial charge in [0.15, 0.2) is 0 Å². The van der Waals surface area contributed by atoms with Gasteiger partial charge >= 0.3 is 0 Å². The summed E-state index contributed by atoms with van der Waals surface area (Å²) in [4.78, 5) is 15.6. The number of likely N-dealkylation sites (tertiary alicyclic amines) is 1. The highest BCUT2D eigenvalue weighted by atomic mass is 16.1. The Morgan fingerprint density at radius 3 is 2.62 bits per heavy atom. The molecule has 3 aromatic rings. The molecule has 2 aliphatic rings. The zero-order valence-electron chi connectivity index (χ0n) is 19.1. The third kappa shape index (κ3) is 4.31. The number of carbonyl (C=O) groups excluding carboxylic acids is 1. The van der Waals surface area contributed by atoms with Crippen LogP contribution in [0.2, 0.25) is 0 Å². The predicted octanol–water partition coefficient (Wildman–Crippen LogP) is 5.89. The molecular formula is C27H34N4O. The third-order valence-electron chi connectivity index (χ3n) is 7.50. The second-order valence-electron chi connectivity index (χ2n) is 9.44. The average molecular weight is 431 g/mol. The van der Waals surface area contributed by atoms with Crippen LogP contribution in [0.4, 0.5) is 5.69 Å². The second-order valence-corrected chi connectivity index (χ2v) is 9.44. The molecular weight excluding hydrogens is 396 g/mol. The van der Waals surface area contributed by atoms with E-state index < -0.39 is 0 Å². The van der Waals surface area contributed by atoms with E-state index in [1.165, 1.54) is 45.2 Å². The zero-order chi connectivity index (χ0) is 21.9. The van der Waals surface area contributed by atoms with Gasteiger partial charge in [0.1, 0.15) is 0 Å². The number of piperidine rings is 1. The quantitative estimate of drug-likeness (QED) is 0.530. The molecule has 1 saturated heterocycles. The largest absolute Gasteiger partial charge is 0.322 e. The van der Waals surface area contributed by atoms with Crippen LogP contribution in [0, 0.1) is 0 Å². The minimum absolute atomic E-state index is 0.0485. The summed E-state index contributed by atoms with van der Waals surface area (Å²) in [6, 6.07) is 14.7. The van der Waals surface area contributed by atoms with Crippen LogP contribution in [0.3, 0.4) is 0 Å². The van der Waals surface area contributed by atoms with E-state index in [1.54, 1.807) is 0 Å². The average Bonchev–Trinajstić information content (AvgIpc) is 3.28. The molecule has 0 unspecified atom stereocenters. The first kappa shape index (κ1) is 21.2. The minimum atomic E-state index is -0.0485. The molecule has 2 fully saturated rings. The van der Waals surface area contributed by atoms with Gasteiger partial charge < -0.3 is 10.2 Å². The number of nitrogens with zero attached hydrogens (tertiary/aromatic N) is 2. The van der Waals surface area contributed by atoms with Crippen molar-refractivity contribution >= 4 is 22.5 Å². The van der Waals surface area contributed by atoms with E-state index in [0.717, 1.165) is 58.7 Å². The Bertz CT molecular complexity index is 1070. The van der Waals surface area contributed by atoms with Crippen LogP contribution >= 0.6 is 0 Å². The van der Waals surface area contributed by atoms with Crippen molar-refractivity contribution in [1.29, 1.82) is 0 Å². The van der Waals surface area contributed by atoms with Crippen LogP contribution in [0.15, 0.2) is 42.5 Å². The lowest BCUT2D eigenvalue weighted by Crippen LogP contribution is -2.41. The maximum absolute atomic E-state index is 12.9. The number of amides is 1. The van der Waals surface area contributed by atoms with Crippen molar-refractivity contribution in [2.45, 2.75) is 70.3 Å². The predicted molar refractivity (Wildman–Crippen MR) is 130 cm³/mol. The smallest absolute Gasteiger partial charge is 0.255 e. The van der Waals surface area contributed by atoms with E-state index in [-0.39, 0.29) is 5.91 Å². The number of fused-ring (bicyclic) bond motifs is 1. The Balaban J connectivity index is 1.30. The lowest BCUT2D eigenvalue weighted by molar-refractivity contribution is 0.102. The van der Waals surface area contributed by atoms with Crippen LogP contribution in [0.25, 0.3) is 10.9 Å². The summed E-state index contributed by atoms with van der Waals surface area (Å²) >= 11 is 0. The molecule has 0 atom stereocenters. The van der Waals surface area contributed by atoms with Crippen LogP contribution in [0.1, 0.15) is 79.4 Å². The van der Waals surface area contributed by atoms with Crippen LogP contribution in [0.5, 0.6) is 0 Å². The number of aromatic nitrogens is 2. The van der Waals surface area contributed by atoms with Crippen LogP contribution < -0.4 is 5.32 Å². The molecule has 0 bridgehead atoms. The topological polar surface area (TPSA) is 61.0 Å². The number of hydrogen-bond donors (Lipinski definition) is 2. The summed E-state index contributed by atoms with van der Waals surface area (Å²) in [6.07, 6.45) is 10.1. The van der Waals surface area contributed by atoms with Crippen molar-refractivity contribution in [3.63, 3.8) is 0 Å². The number of rotatable bonds is 5. The number of H-pyrrole nitrogens is 1. The highest BCUT2D eigenvalue weighted by molar-refractivity contribution is 6.06. The van der Waals surface area contributed by atoms with Gasteiger partial charge in [0.05, 0.1) is 11.2 Å². The number of anilines is 1. The summed E-state index contributed by atoms with van der Waals surface area (Å²) < 4.78 is 0. The first-order valence-corrected chi connectivity index (χ1v) is 12.3. The van der Waals surface area contributed by atoms with E-state index in [2.05, 4.69) is 28.3 Å². The lowest BCUT2D eigenvalue weighted by atomic mass is 9.88. The molecule has 5 nitrogen and oxygen atoms in total. The van der Waals surface area contributed by atoms with E-state index >= 15 is 0 Å². The summed E-state index contributed by atoms with van der Waals surface area (Å²) in [5.41, 5.74) is 4.85. The fourth-order valence-electron chi connectivity index (χ4n) is 5.66. The first-order chi connectivity index (χ1) is 15.7. The van der Waals surface area contributed by atoms with Crippen molar-refractivity contribution in [2.24, 2.45) is 0 Å². The molecule has 1 aliphatic heterocycles. The van der Waals surface area contributed by atoms with E-state index in [4.69, 9.17) is 5.10 Å². The summed E-state index contributed by atoms with van der Waals surface area (Å²) in [6.45, 7) is 4.43. The molecule has 1 saturated carbocycles. The molecule has 1 aromatic heterocycles. The molecule has 0 spiro atoms. The fraction of sp³-hybridized carbons (Fsp3) is 0.481. The minimum Gasteiger partial charge on any atom is -0.322 e. The van der Waals surface area contributed by atoms with Gasteiger partial charge in [-0.05, 0) is 75.0 Å². The molecule has 168 valence electrons. The van der Waals surface area contributed by atoms with Crippen LogP contribution in [-0.2, 0) is 6.42 Å². The summed E-state index contributed by atoms with van der Waals surface area (Å²) in [5.74, 6) is 0.433. The third-order valence-corrected chi connectivity index (χ3v) is 7.50. The summed E-state index contributed by atoms with van der Waals surface area (Å²) in [7, 11) is 0. The number of nitrogens with one attached hydrogen (secondary N) is 2. The Hall–Kier alpha value is -2.66. The second kappa shape index (κ2) is 9.45. The van der Waals surface area contributed by atoms with Gasteiger partial charge in [-0.1, -0.05) is 44.4 Å². The molecule has 1 aliphatic carbocycles. The standard InChI is InChI=1S/C27H34N4O/c1-2-19-8-6-7-11-23(19)27(32)28-21-12-13-25-24(18-21)26(30-29-25)20-14-16-31(17-15-20)22-9-4-3-5-10-22/h6-8,11-13,18,20,22H,2-5,9-10,14-17H2,1H3,(H,28,32)(H,29,30). The van der Waals surface area contributed by atoms with Gasteiger partial charge in [-0.15, -0.1) is 0 Å². The maximum atomic E-state index is 12.9. The molecule has 5 rings (SSSR count). The van der Waals surface area contributed by atoms with Gasteiger partial charge in [-0.3, -0.25) is 9.89 Å². The number of carbonyl (C=O) groups is 1. The lowest BCUT2D eigenvalue weighted by Gasteiger charge is -2.39. The molecule has 2 heterocycles. The fourth-order valence-corrected chi connectivity index (χ4v) is 5.66.